The van der Waals surface area contributed by atoms with Gasteiger partial charge in [-0.1, -0.05) is 35.5 Å². The first kappa shape index (κ1) is 27.3. The van der Waals surface area contributed by atoms with Crippen molar-refractivity contribution in [1.82, 2.24) is 25.0 Å². The number of carbonyl (C=O) groups is 3. The Labute approximate surface area is 226 Å². The Kier molecular flexibility index (Phi) is 9.14. The second kappa shape index (κ2) is 12.7. The minimum Gasteiger partial charge on any atom is -0.378 e. The van der Waals surface area contributed by atoms with E-state index in [1.54, 1.807) is 35.2 Å². The zero-order valence-electron chi connectivity index (χ0n) is 21.8. The quantitative estimate of drug-likeness (QED) is 0.403. The number of nitrogens with zero attached hydrogens (tertiary/aromatic N) is 4. The van der Waals surface area contributed by atoms with E-state index < -0.39 is 0 Å². The maximum absolute atomic E-state index is 12.7. The Morgan fingerprint density at radius 3 is 2.53 bits per heavy atom. The van der Waals surface area contributed by atoms with Gasteiger partial charge in [-0.05, 0) is 51.1 Å². The fourth-order valence-electron chi connectivity index (χ4n) is 4.16. The molecule has 4 rings (SSSR count). The molecule has 1 fully saturated rings. The molecule has 1 aromatic heterocycles. The topological polar surface area (TPSA) is 118 Å². The van der Waals surface area contributed by atoms with Gasteiger partial charge in [0.2, 0.25) is 5.91 Å². The van der Waals surface area contributed by atoms with Gasteiger partial charge in [-0.25, -0.2) is 0 Å². The zero-order chi connectivity index (χ0) is 27.1. The Hall–Kier alpha value is -3.70. The molecule has 11 heteroatoms. The summed E-state index contributed by atoms with van der Waals surface area (Å²) in [6, 6.07) is 14.0. The summed E-state index contributed by atoms with van der Waals surface area (Å²) >= 11 is 1.26. The summed E-state index contributed by atoms with van der Waals surface area (Å²) in [7, 11) is 0. The van der Waals surface area contributed by atoms with Gasteiger partial charge in [0, 0.05) is 36.4 Å². The van der Waals surface area contributed by atoms with Crippen molar-refractivity contribution in [1.29, 1.82) is 0 Å². The van der Waals surface area contributed by atoms with E-state index in [4.69, 9.17) is 4.74 Å². The average molecular weight is 537 g/mol. The fourth-order valence-corrected chi connectivity index (χ4v) is 4.97. The van der Waals surface area contributed by atoms with Gasteiger partial charge in [-0.2, -0.15) is 0 Å². The Balaban J connectivity index is 1.34. The summed E-state index contributed by atoms with van der Waals surface area (Å²) in [6.45, 7) is 8.51. The molecule has 0 unspecified atom stereocenters. The summed E-state index contributed by atoms with van der Waals surface area (Å²) < 4.78 is 7.20. The van der Waals surface area contributed by atoms with Crippen molar-refractivity contribution in [3.05, 3.63) is 71.0 Å². The Morgan fingerprint density at radius 1 is 1.05 bits per heavy atom. The van der Waals surface area contributed by atoms with Gasteiger partial charge in [-0.15, -0.1) is 10.2 Å². The van der Waals surface area contributed by atoms with Crippen LogP contribution < -0.4 is 10.6 Å². The lowest BCUT2D eigenvalue weighted by Gasteiger charge is -2.27. The lowest BCUT2D eigenvalue weighted by molar-refractivity contribution is -0.113. The maximum Gasteiger partial charge on any atom is 0.254 e. The number of carbonyl (C=O) groups excluding carboxylic acids is 3. The number of thioether (sulfide) groups is 1. The molecule has 3 aromatic rings. The monoisotopic (exact) mass is 536 g/mol. The highest BCUT2D eigenvalue weighted by molar-refractivity contribution is 7.99. The number of anilines is 1. The number of morpholine rings is 1. The highest BCUT2D eigenvalue weighted by Crippen LogP contribution is 2.22. The number of hydrogen-bond donors (Lipinski definition) is 2. The smallest absolute Gasteiger partial charge is 0.254 e. The van der Waals surface area contributed by atoms with E-state index in [2.05, 4.69) is 20.8 Å². The number of ether oxygens (including phenoxy) is 1. The summed E-state index contributed by atoms with van der Waals surface area (Å²) in [6.07, 6.45) is 0. The van der Waals surface area contributed by atoms with E-state index in [1.807, 2.05) is 43.5 Å². The molecule has 2 N–H and O–H groups in total. The minimum atomic E-state index is -0.370. The molecule has 2 heterocycles. The van der Waals surface area contributed by atoms with Crippen molar-refractivity contribution in [2.45, 2.75) is 38.5 Å². The second-order valence-electron chi connectivity index (χ2n) is 8.97. The molecular formula is C27H32N6O4S. The lowest BCUT2D eigenvalue weighted by atomic mass is 10.1. The van der Waals surface area contributed by atoms with Crippen LogP contribution in [0.2, 0.25) is 0 Å². The van der Waals surface area contributed by atoms with Gasteiger partial charge in [0.25, 0.3) is 11.8 Å². The van der Waals surface area contributed by atoms with Crippen molar-refractivity contribution in [2.24, 2.45) is 0 Å². The molecule has 0 aliphatic carbocycles. The molecule has 1 aliphatic heterocycles. The minimum absolute atomic E-state index is 0.0778. The van der Waals surface area contributed by atoms with E-state index >= 15 is 0 Å². The standard InChI is InChI=1S/C27H32N6O4S/c1-4-33-24(19(3)28-25(35)20-8-5-7-18(2)15-20)30-31-27(33)38-17-23(34)29-22-10-6-9-21(16-22)26(36)32-11-13-37-14-12-32/h5-10,15-16,19H,4,11-14,17H2,1-3H3,(H,28,35)(H,29,34)/t19-/m1/s1. The van der Waals surface area contributed by atoms with E-state index in [0.717, 1.165) is 5.56 Å². The van der Waals surface area contributed by atoms with Crippen molar-refractivity contribution in [3.63, 3.8) is 0 Å². The number of benzene rings is 2. The van der Waals surface area contributed by atoms with Crippen molar-refractivity contribution in [2.75, 3.05) is 37.4 Å². The zero-order valence-corrected chi connectivity index (χ0v) is 22.6. The van der Waals surface area contributed by atoms with Crippen LogP contribution in [0.3, 0.4) is 0 Å². The van der Waals surface area contributed by atoms with E-state index in [1.165, 1.54) is 11.8 Å². The van der Waals surface area contributed by atoms with Crippen LogP contribution in [0.1, 0.15) is 52.0 Å². The highest BCUT2D eigenvalue weighted by Gasteiger charge is 2.21. The first-order valence-electron chi connectivity index (χ1n) is 12.6. The van der Waals surface area contributed by atoms with E-state index in [0.29, 0.717) is 60.6 Å². The van der Waals surface area contributed by atoms with Gasteiger partial charge in [0.1, 0.15) is 0 Å². The van der Waals surface area contributed by atoms with E-state index in [-0.39, 0.29) is 29.5 Å². The van der Waals surface area contributed by atoms with Gasteiger partial charge in [-0.3, -0.25) is 14.4 Å². The van der Waals surface area contributed by atoms with Gasteiger partial charge >= 0.3 is 0 Å². The number of nitrogens with one attached hydrogen (secondary N) is 2. The third-order valence-corrected chi connectivity index (χ3v) is 7.07. The molecule has 3 amide bonds. The van der Waals surface area contributed by atoms with Crippen LogP contribution in [-0.4, -0.2) is 69.4 Å². The first-order valence-corrected chi connectivity index (χ1v) is 13.5. The molecule has 1 aliphatic rings. The lowest BCUT2D eigenvalue weighted by Crippen LogP contribution is -2.40. The fraction of sp³-hybridized carbons (Fsp3) is 0.370. The van der Waals surface area contributed by atoms with Gasteiger partial charge in [0.15, 0.2) is 11.0 Å². The van der Waals surface area contributed by atoms with Crippen LogP contribution >= 0.6 is 11.8 Å². The highest BCUT2D eigenvalue weighted by atomic mass is 32.2. The Morgan fingerprint density at radius 2 is 1.79 bits per heavy atom. The molecule has 0 saturated carbocycles. The molecule has 200 valence electrons. The molecule has 38 heavy (non-hydrogen) atoms. The molecule has 0 bridgehead atoms. The predicted molar refractivity (Wildman–Crippen MR) is 145 cm³/mol. The summed E-state index contributed by atoms with van der Waals surface area (Å²) in [5, 5.41) is 15.0. The molecule has 1 atom stereocenters. The summed E-state index contributed by atoms with van der Waals surface area (Å²) in [5.41, 5.74) is 2.67. The number of aromatic nitrogens is 3. The third-order valence-electron chi connectivity index (χ3n) is 6.10. The number of aryl methyl sites for hydroxylation is 1. The largest absolute Gasteiger partial charge is 0.378 e. The second-order valence-corrected chi connectivity index (χ2v) is 9.91. The molecule has 0 radical (unpaired) electrons. The number of amides is 3. The Bertz CT molecular complexity index is 1300. The third kappa shape index (κ3) is 6.78. The normalized spacial score (nSPS) is 14.1. The van der Waals surface area contributed by atoms with Gasteiger partial charge < -0.3 is 24.8 Å². The van der Waals surface area contributed by atoms with Crippen LogP contribution in [0.4, 0.5) is 5.69 Å². The van der Waals surface area contributed by atoms with Crippen LogP contribution in [0.5, 0.6) is 0 Å². The SMILES string of the molecule is CCn1c(SCC(=O)Nc2cccc(C(=O)N3CCOCC3)c2)nnc1[C@@H](C)NC(=O)c1cccc(C)c1. The molecule has 1 saturated heterocycles. The van der Waals surface area contributed by atoms with Crippen molar-refractivity contribution < 1.29 is 19.1 Å². The van der Waals surface area contributed by atoms with E-state index in [9.17, 15) is 14.4 Å². The molecule has 0 spiro atoms. The molecule has 2 aromatic carbocycles. The average Bonchev–Trinajstić information content (AvgIpc) is 3.35. The molecular weight excluding hydrogens is 504 g/mol. The van der Waals surface area contributed by atoms with Crippen molar-refractivity contribution >= 4 is 35.2 Å². The van der Waals surface area contributed by atoms with Crippen LogP contribution in [0.25, 0.3) is 0 Å². The number of rotatable bonds is 9. The van der Waals surface area contributed by atoms with Crippen LogP contribution in [0, 0.1) is 6.92 Å². The molecule has 10 nitrogen and oxygen atoms in total. The maximum atomic E-state index is 12.7. The number of hydrogen-bond acceptors (Lipinski definition) is 7. The predicted octanol–water partition coefficient (Wildman–Crippen LogP) is 3.30. The van der Waals surface area contributed by atoms with Crippen molar-refractivity contribution in [3.8, 4) is 0 Å². The van der Waals surface area contributed by atoms with Crippen LogP contribution in [0.15, 0.2) is 53.7 Å². The van der Waals surface area contributed by atoms with Gasteiger partial charge in [0.05, 0.1) is 25.0 Å². The first-order chi connectivity index (χ1) is 18.4. The van der Waals surface area contributed by atoms with Crippen LogP contribution in [-0.2, 0) is 16.1 Å². The summed E-state index contributed by atoms with van der Waals surface area (Å²) in [4.78, 5) is 39.9. The summed E-state index contributed by atoms with van der Waals surface area (Å²) in [5.74, 6) is 0.245.